The van der Waals surface area contributed by atoms with E-state index in [-0.39, 0.29) is 5.91 Å². The zero-order valence-corrected chi connectivity index (χ0v) is 12.2. The maximum absolute atomic E-state index is 12.2. The van der Waals surface area contributed by atoms with Crippen LogP contribution in [0, 0.1) is 0 Å². The molecule has 0 aliphatic heterocycles. The van der Waals surface area contributed by atoms with Gasteiger partial charge in [-0.1, -0.05) is 30.7 Å². The molecule has 0 atom stereocenters. The summed E-state index contributed by atoms with van der Waals surface area (Å²) in [4.78, 5) is 12.2. The molecule has 0 unspecified atom stereocenters. The van der Waals surface area contributed by atoms with Crippen LogP contribution in [0.1, 0.15) is 29.4 Å². The Morgan fingerprint density at radius 2 is 2.05 bits per heavy atom. The number of amides is 1. The van der Waals surface area contributed by atoms with Gasteiger partial charge in [-0.3, -0.25) is 4.79 Å². The average molecular weight is 292 g/mol. The smallest absolute Gasteiger partial charge is 0.268 e. The number of carbonyl (C=O) groups is 1. The summed E-state index contributed by atoms with van der Waals surface area (Å²) in [5.41, 5.74) is 7.96. The molecule has 2 aromatic rings. The number of benzene rings is 1. The first-order valence-electron chi connectivity index (χ1n) is 6.58. The maximum atomic E-state index is 12.2. The van der Waals surface area contributed by atoms with E-state index in [1.165, 1.54) is 0 Å². The molecule has 0 fully saturated rings. The van der Waals surface area contributed by atoms with Crippen molar-refractivity contribution >= 4 is 23.2 Å². The van der Waals surface area contributed by atoms with E-state index in [9.17, 15) is 4.79 Å². The fraction of sp³-hybridized carbons (Fsp3) is 0.267. The molecular weight excluding hydrogens is 274 g/mol. The Kier molecular flexibility index (Phi) is 4.69. The highest BCUT2D eigenvalue weighted by Gasteiger charge is 2.12. The van der Waals surface area contributed by atoms with Crippen molar-refractivity contribution in [1.29, 1.82) is 0 Å². The van der Waals surface area contributed by atoms with E-state index < -0.39 is 0 Å². The van der Waals surface area contributed by atoms with Crippen LogP contribution in [-0.2, 0) is 13.1 Å². The fourth-order valence-electron chi connectivity index (χ4n) is 2.02. The molecule has 20 heavy (non-hydrogen) atoms. The Hall–Kier alpha value is -1.94. The molecule has 0 saturated carbocycles. The molecule has 106 valence electrons. The lowest BCUT2D eigenvalue weighted by molar-refractivity contribution is 0.0941. The molecule has 1 aromatic heterocycles. The van der Waals surface area contributed by atoms with E-state index in [1.54, 1.807) is 24.4 Å². The summed E-state index contributed by atoms with van der Waals surface area (Å²) in [6.45, 7) is 3.31. The number of nitrogen functional groups attached to an aromatic ring is 1. The van der Waals surface area contributed by atoms with Gasteiger partial charge in [0.15, 0.2) is 0 Å². The van der Waals surface area contributed by atoms with Crippen LogP contribution < -0.4 is 11.1 Å². The van der Waals surface area contributed by atoms with Gasteiger partial charge in [0.05, 0.1) is 5.69 Å². The van der Waals surface area contributed by atoms with E-state index in [0.717, 1.165) is 18.5 Å². The summed E-state index contributed by atoms with van der Waals surface area (Å²) < 4.78 is 1.88. The van der Waals surface area contributed by atoms with Gasteiger partial charge in [-0.2, -0.15) is 0 Å². The standard InChI is InChI=1S/C15H18ClN3O/c1-2-7-19-10-13(17)8-14(19)15(20)18-9-11-3-5-12(16)6-4-11/h3-6,8,10H,2,7,9,17H2,1H3,(H,18,20). The monoisotopic (exact) mass is 291 g/mol. The number of anilines is 1. The van der Waals surface area contributed by atoms with Crippen molar-refractivity contribution in [3.63, 3.8) is 0 Å². The predicted molar refractivity (Wildman–Crippen MR) is 81.8 cm³/mol. The highest BCUT2D eigenvalue weighted by atomic mass is 35.5. The number of carbonyl (C=O) groups excluding carboxylic acids is 1. The van der Waals surface area contributed by atoms with Crippen molar-refractivity contribution in [2.75, 3.05) is 5.73 Å². The summed E-state index contributed by atoms with van der Waals surface area (Å²) >= 11 is 5.82. The van der Waals surface area contributed by atoms with E-state index in [4.69, 9.17) is 17.3 Å². The van der Waals surface area contributed by atoms with E-state index in [2.05, 4.69) is 12.2 Å². The van der Waals surface area contributed by atoms with Crippen LogP contribution in [0.5, 0.6) is 0 Å². The highest BCUT2D eigenvalue weighted by Crippen LogP contribution is 2.12. The Morgan fingerprint density at radius 1 is 1.35 bits per heavy atom. The van der Waals surface area contributed by atoms with Crippen LogP contribution in [0.15, 0.2) is 36.5 Å². The van der Waals surface area contributed by atoms with Gasteiger partial charge in [0.25, 0.3) is 5.91 Å². The zero-order valence-electron chi connectivity index (χ0n) is 11.4. The zero-order chi connectivity index (χ0) is 14.5. The van der Waals surface area contributed by atoms with Crippen LogP contribution in [0.2, 0.25) is 5.02 Å². The third-order valence-corrected chi connectivity index (χ3v) is 3.23. The first-order chi connectivity index (χ1) is 9.60. The van der Waals surface area contributed by atoms with Crippen molar-refractivity contribution in [2.24, 2.45) is 0 Å². The molecule has 2 rings (SSSR count). The molecular formula is C15H18ClN3O. The molecule has 3 N–H and O–H groups in total. The highest BCUT2D eigenvalue weighted by molar-refractivity contribution is 6.30. The van der Waals surface area contributed by atoms with E-state index in [1.807, 2.05) is 16.7 Å². The minimum atomic E-state index is -0.120. The number of hydrogen-bond donors (Lipinski definition) is 2. The third kappa shape index (κ3) is 3.54. The van der Waals surface area contributed by atoms with Crippen LogP contribution in [0.25, 0.3) is 0 Å². The van der Waals surface area contributed by atoms with Crippen molar-refractivity contribution in [1.82, 2.24) is 9.88 Å². The van der Waals surface area contributed by atoms with Gasteiger partial charge in [-0.05, 0) is 30.2 Å². The summed E-state index contributed by atoms with van der Waals surface area (Å²) in [6, 6.07) is 9.10. The minimum absolute atomic E-state index is 0.120. The lowest BCUT2D eigenvalue weighted by Crippen LogP contribution is -2.25. The molecule has 5 heteroatoms. The van der Waals surface area contributed by atoms with Crippen molar-refractivity contribution in [3.05, 3.63) is 52.8 Å². The first-order valence-corrected chi connectivity index (χ1v) is 6.96. The molecule has 0 spiro atoms. The Bertz CT molecular complexity index is 590. The average Bonchev–Trinajstić information content (AvgIpc) is 2.79. The predicted octanol–water partition coefficient (Wildman–Crippen LogP) is 3.06. The van der Waals surface area contributed by atoms with Crippen LogP contribution in [-0.4, -0.2) is 10.5 Å². The van der Waals surface area contributed by atoms with Gasteiger partial charge in [0.2, 0.25) is 0 Å². The third-order valence-electron chi connectivity index (χ3n) is 2.98. The molecule has 0 aliphatic carbocycles. The summed E-state index contributed by atoms with van der Waals surface area (Å²) in [7, 11) is 0. The van der Waals surface area contributed by atoms with E-state index >= 15 is 0 Å². The Morgan fingerprint density at radius 3 is 2.70 bits per heavy atom. The van der Waals surface area contributed by atoms with Crippen LogP contribution >= 0.6 is 11.6 Å². The summed E-state index contributed by atoms with van der Waals surface area (Å²) in [5, 5.41) is 3.57. The lowest BCUT2D eigenvalue weighted by Gasteiger charge is -2.08. The largest absolute Gasteiger partial charge is 0.397 e. The van der Waals surface area contributed by atoms with Crippen LogP contribution in [0.3, 0.4) is 0 Å². The number of nitrogens with zero attached hydrogens (tertiary/aromatic N) is 1. The number of rotatable bonds is 5. The Balaban J connectivity index is 2.03. The topological polar surface area (TPSA) is 60.0 Å². The SMILES string of the molecule is CCCn1cc(N)cc1C(=O)NCc1ccc(Cl)cc1. The normalized spacial score (nSPS) is 10.5. The number of nitrogens with two attached hydrogens (primary N) is 1. The van der Waals surface area contributed by atoms with Crippen LogP contribution in [0.4, 0.5) is 5.69 Å². The number of aromatic nitrogens is 1. The van der Waals surface area contributed by atoms with Gasteiger partial charge >= 0.3 is 0 Å². The van der Waals surface area contributed by atoms with E-state index in [0.29, 0.717) is 22.9 Å². The van der Waals surface area contributed by atoms with Crippen molar-refractivity contribution < 1.29 is 4.79 Å². The first kappa shape index (κ1) is 14.5. The van der Waals surface area contributed by atoms with Gasteiger partial charge < -0.3 is 15.6 Å². The lowest BCUT2D eigenvalue weighted by atomic mass is 10.2. The summed E-state index contributed by atoms with van der Waals surface area (Å²) in [6.07, 6.45) is 2.74. The summed E-state index contributed by atoms with van der Waals surface area (Å²) in [5.74, 6) is -0.120. The van der Waals surface area contributed by atoms with Crippen molar-refractivity contribution in [3.8, 4) is 0 Å². The molecule has 0 aliphatic rings. The fourth-order valence-corrected chi connectivity index (χ4v) is 2.15. The number of nitrogens with one attached hydrogen (secondary N) is 1. The maximum Gasteiger partial charge on any atom is 0.268 e. The molecule has 0 saturated heterocycles. The molecule has 4 nitrogen and oxygen atoms in total. The second-order valence-electron chi connectivity index (χ2n) is 4.66. The number of aryl methyl sites for hydroxylation is 1. The molecule has 0 bridgehead atoms. The Labute approximate surface area is 123 Å². The molecule has 1 aromatic carbocycles. The second kappa shape index (κ2) is 6.48. The van der Waals surface area contributed by atoms with Crippen molar-refractivity contribution in [2.45, 2.75) is 26.4 Å². The van der Waals surface area contributed by atoms with Gasteiger partial charge in [-0.25, -0.2) is 0 Å². The van der Waals surface area contributed by atoms with Gasteiger partial charge in [0.1, 0.15) is 5.69 Å². The number of halogens is 1. The molecule has 1 amide bonds. The van der Waals surface area contributed by atoms with Gasteiger partial charge in [-0.15, -0.1) is 0 Å². The molecule has 0 radical (unpaired) electrons. The minimum Gasteiger partial charge on any atom is -0.397 e. The molecule has 1 heterocycles. The van der Waals surface area contributed by atoms with Gasteiger partial charge in [0, 0.05) is 24.3 Å². The quantitative estimate of drug-likeness (QED) is 0.889. The second-order valence-corrected chi connectivity index (χ2v) is 5.10. The number of hydrogen-bond acceptors (Lipinski definition) is 2.